The number of unbranched alkanes of at least 4 members (excludes halogenated alkanes) is 2. The van der Waals surface area contributed by atoms with Gasteiger partial charge in [0.05, 0.1) is 5.56 Å². The quantitative estimate of drug-likeness (QED) is 0.491. The fourth-order valence-corrected chi connectivity index (χ4v) is 3.80. The molecule has 2 rings (SSSR count). The number of anilines is 1. The Morgan fingerprint density at radius 3 is 2.50 bits per heavy atom. The molecule has 1 amide bonds. The largest absolute Gasteiger partial charge is 0.478 e. The van der Waals surface area contributed by atoms with Crippen molar-refractivity contribution in [1.82, 2.24) is 4.98 Å². The van der Waals surface area contributed by atoms with Gasteiger partial charge in [0.25, 0.3) is 0 Å². The van der Waals surface area contributed by atoms with Gasteiger partial charge in [0.2, 0.25) is 5.91 Å². The van der Waals surface area contributed by atoms with E-state index in [9.17, 15) is 14.7 Å². The number of benzene rings is 1. The standard InChI is InChI=1S/C25H34N2O3/c1-6-7-8-10-18(20-11-9-14-26-17(20)2)16-23(28)27-22-15-19(24(29)30)12-13-21(22)25(3,4)5/h9,11-15,18H,6-8,10,16H2,1-5H3,(H,27,28)(H,29,30). The van der Waals surface area contributed by atoms with Gasteiger partial charge in [0.1, 0.15) is 0 Å². The molecule has 0 bridgehead atoms. The maximum atomic E-state index is 13.0. The molecule has 30 heavy (non-hydrogen) atoms. The summed E-state index contributed by atoms with van der Waals surface area (Å²) in [4.78, 5) is 28.8. The van der Waals surface area contributed by atoms with Crippen molar-refractivity contribution in [3.8, 4) is 0 Å². The number of carboxylic acid groups (broad SMARTS) is 1. The van der Waals surface area contributed by atoms with E-state index in [2.05, 4.69) is 23.3 Å². The molecular weight excluding hydrogens is 376 g/mol. The minimum Gasteiger partial charge on any atom is -0.478 e. The maximum Gasteiger partial charge on any atom is 0.335 e. The molecule has 2 aromatic rings. The lowest BCUT2D eigenvalue weighted by molar-refractivity contribution is -0.116. The van der Waals surface area contributed by atoms with Gasteiger partial charge >= 0.3 is 5.97 Å². The number of pyridine rings is 1. The lowest BCUT2D eigenvalue weighted by atomic mass is 9.85. The van der Waals surface area contributed by atoms with Crippen LogP contribution in [-0.4, -0.2) is 22.0 Å². The van der Waals surface area contributed by atoms with Crippen LogP contribution >= 0.6 is 0 Å². The molecule has 0 spiro atoms. The summed E-state index contributed by atoms with van der Waals surface area (Å²) in [5, 5.41) is 12.4. The number of aryl methyl sites for hydroxylation is 1. The number of aromatic carboxylic acids is 1. The third-order valence-electron chi connectivity index (χ3n) is 5.42. The lowest BCUT2D eigenvalue weighted by Crippen LogP contribution is -2.21. The Bertz CT molecular complexity index is 884. The second-order valence-electron chi connectivity index (χ2n) is 8.94. The SMILES string of the molecule is CCCCCC(CC(=O)Nc1cc(C(=O)O)ccc1C(C)(C)C)c1cccnc1C. The minimum atomic E-state index is -1.01. The monoisotopic (exact) mass is 410 g/mol. The summed E-state index contributed by atoms with van der Waals surface area (Å²) in [7, 11) is 0. The molecule has 0 fully saturated rings. The van der Waals surface area contributed by atoms with Crippen LogP contribution in [0.2, 0.25) is 0 Å². The van der Waals surface area contributed by atoms with Gasteiger partial charge < -0.3 is 10.4 Å². The molecule has 1 aromatic heterocycles. The third kappa shape index (κ3) is 6.41. The van der Waals surface area contributed by atoms with Gasteiger partial charge in [-0.2, -0.15) is 0 Å². The molecule has 1 heterocycles. The second-order valence-corrected chi connectivity index (χ2v) is 8.94. The maximum absolute atomic E-state index is 13.0. The van der Waals surface area contributed by atoms with Gasteiger partial charge in [-0.3, -0.25) is 9.78 Å². The summed E-state index contributed by atoms with van der Waals surface area (Å²) in [6.07, 6.45) is 6.36. The van der Waals surface area contributed by atoms with E-state index in [0.29, 0.717) is 12.1 Å². The average Bonchev–Trinajstić information content (AvgIpc) is 2.67. The predicted molar refractivity (Wildman–Crippen MR) is 121 cm³/mol. The molecule has 0 radical (unpaired) electrons. The first kappa shape index (κ1) is 23.6. The van der Waals surface area contributed by atoms with Crippen LogP contribution in [-0.2, 0) is 10.2 Å². The third-order valence-corrected chi connectivity index (χ3v) is 5.42. The van der Waals surface area contributed by atoms with E-state index in [1.165, 1.54) is 0 Å². The fourth-order valence-electron chi connectivity index (χ4n) is 3.80. The van der Waals surface area contributed by atoms with Crippen LogP contribution in [0.1, 0.15) is 92.9 Å². The normalized spacial score (nSPS) is 12.4. The summed E-state index contributed by atoms with van der Waals surface area (Å²) in [6, 6.07) is 8.91. The van der Waals surface area contributed by atoms with Gasteiger partial charge in [-0.25, -0.2) is 4.79 Å². The van der Waals surface area contributed by atoms with Crippen molar-refractivity contribution in [3.63, 3.8) is 0 Å². The van der Waals surface area contributed by atoms with Crippen molar-refractivity contribution >= 4 is 17.6 Å². The van der Waals surface area contributed by atoms with Crippen LogP contribution in [0.25, 0.3) is 0 Å². The first-order valence-corrected chi connectivity index (χ1v) is 10.7. The van der Waals surface area contributed by atoms with Crippen LogP contribution in [0, 0.1) is 6.92 Å². The zero-order chi connectivity index (χ0) is 22.3. The molecule has 1 aromatic carbocycles. The number of amides is 1. The highest BCUT2D eigenvalue weighted by atomic mass is 16.4. The molecule has 0 aliphatic rings. The fraction of sp³-hybridized carbons (Fsp3) is 0.480. The van der Waals surface area contributed by atoms with Crippen LogP contribution in [0.4, 0.5) is 5.69 Å². The Morgan fingerprint density at radius 2 is 1.90 bits per heavy atom. The molecule has 1 atom stereocenters. The number of hydrogen-bond acceptors (Lipinski definition) is 3. The van der Waals surface area contributed by atoms with Crippen molar-refractivity contribution < 1.29 is 14.7 Å². The van der Waals surface area contributed by atoms with Gasteiger partial charge in [-0.05, 0) is 54.0 Å². The van der Waals surface area contributed by atoms with Gasteiger partial charge in [-0.15, -0.1) is 0 Å². The average molecular weight is 411 g/mol. The Kier molecular flexibility index (Phi) is 8.16. The molecule has 2 N–H and O–H groups in total. The molecule has 1 unspecified atom stereocenters. The first-order chi connectivity index (χ1) is 14.1. The van der Waals surface area contributed by atoms with E-state index in [4.69, 9.17) is 0 Å². The number of hydrogen-bond donors (Lipinski definition) is 2. The van der Waals surface area contributed by atoms with Crippen LogP contribution in [0.5, 0.6) is 0 Å². The smallest absolute Gasteiger partial charge is 0.335 e. The Balaban J connectivity index is 2.27. The number of nitrogens with zero attached hydrogens (tertiary/aromatic N) is 1. The van der Waals surface area contributed by atoms with Crippen molar-refractivity contribution in [2.24, 2.45) is 0 Å². The molecule has 0 aliphatic carbocycles. The molecule has 0 aliphatic heterocycles. The van der Waals surface area contributed by atoms with Gasteiger partial charge in [0.15, 0.2) is 0 Å². The molecule has 0 saturated heterocycles. The molecular formula is C25H34N2O3. The summed E-state index contributed by atoms with van der Waals surface area (Å²) >= 11 is 0. The van der Waals surface area contributed by atoms with E-state index >= 15 is 0 Å². The topological polar surface area (TPSA) is 79.3 Å². The highest BCUT2D eigenvalue weighted by Crippen LogP contribution is 2.32. The second kappa shape index (κ2) is 10.4. The van der Waals surface area contributed by atoms with E-state index in [1.54, 1.807) is 24.4 Å². The van der Waals surface area contributed by atoms with Gasteiger partial charge in [-0.1, -0.05) is 59.1 Å². The highest BCUT2D eigenvalue weighted by molar-refractivity contribution is 5.95. The van der Waals surface area contributed by atoms with E-state index in [-0.39, 0.29) is 22.8 Å². The van der Waals surface area contributed by atoms with Crippen LogP contribution in [0.3, 0.4) is 0 Å². The molecule has 5 heteroatoms. The van der Waals surface area contributed by atoms with Crippen molar-refractivity contribution in [1.29, 1.82) is 0 Å². The zero-order valence-corrected chi connectivity index (χ0v) is 18.8. The highest BCUT2D eigenvalue weighted by Gasteiger charge is 2.23. The number of nitrogens with one attached hydrogen (secondary N) is 1. The minimum absolute atomic E-state index is 0.0889. The van der Waals surface area contributed by atoms with Crippen LogP contribution < -0.4 is 5.32 Å². The summed E-state index contributed by atoms with van der Waals surface area (Å²) in [6.45, 7) is 10.3. The number of aromatic nitrogens is 1. The Morgan fingerprint density at radius 1 is 1.17 bits per heavy atom. The zero-order valence-electron chi connectivity index (χ0n) is 18.8. The number of rotatable bonds is 9. The molecule has 162 valence electrons. The summed E-state index contributed by atoms with van der Waals surface area (Å²) in [5.74, 6) is -1.02. The summed E-state index contributed by atoms with van der Waals surface area (Å²) in [5.41, 5.74) is 3.50. The molecule has 0 saturated carbocycles. The van der Waals surface area contributed by atoms with Crippen molar-refractivity contribution in [2.45, 2.75) is 78.1 Å². The van der Waals surface area contributed by atoms with Crippen LogP contribution in [0.15, 0.2) is 36.5 Å². The predicted octanol–water partition coefficient (Wildman–Crippen LogP) is 6.08. The Hall–Kier alpha value is -2.69. The van der Waals surface area contributed by atoms with E-state index in [0.717, 1.165) is 42.5 Å². The van der Waals surface area contributed by atoms with Gasteiger partial charge in [0, 0.05) is 24.0 Å². The Labute approximate surface area is 179 Å². The first-order valence-electron chi connectivity index (χ1n) is 10.7. The number of carbonyl (C=O) groups is 2. The van der Waals surface area contributed by atoms with E-state index in [1.807, 2.05) is 33.8 Å². The van der Waals surface area contributed by atoms with E-state index < -0.39 is 5.97 Å². The summed E-state index contributed by atoms with van der Waals surface area (Å²) < 4.78 is 0. The number of carbonyl (C=O) groups excluding carboxylic acids is 1. The lowest BCUT2D eigenvalue weighted by Gasteiger charge is -2.24. The van der Waals surface area contributed by atoms with Crippen molar-refractivity contribution in [3.05, 3.63) is 58.9 Å². The molecule has 5 nitrogen and oxygen atoms in total. The van der Waals surface area contributed by atoms with Crippen molar-refractivity contribution in [2.75, 3.05) is 5.32 Å². The number of carboxylic acids is 1.